The molecule has 0 amide bonds. The number of nitrogens with one attached hydrogen (secondary N) is 2. The fraction of sp³-hybridized carbons (Fsp3) is 0.458. The van der Waals surface area contributed by atoms with Crippen molar-refractivity contribution in [2.75, 3.05) is 46.8 Å². The van der Waals surface area contributed by atoms with E-state index in [-0.39, 0.29) is 5.82 Å². The van der Waals surface area contributed by atoms with Gasteiger partial charge in [-0.05, 0) is 61.8 Å². The summed E-state index contributed by atoms with van der Waals surface area (Å²) in [6.07, 6.45) is 1.99. The Morgan fingerprint density at radius 3 is 2.53 bits per heavy atom. The van der Waals surface area contributed by atoms with Crippen LogP contribution in [0, 0.1) is 5.82 Å². The molecule has 2 aromatic rings. The summed E-state index contributed by atoms with van der Waals surface area (Å²) in [4.78, 5) is 9.22. The molecule has 1 aliphatic rings. The molecule has 0 aromatic heterocycles. The van der Waals surface area contributed by atoms with Gasteiger partial charge in [-0.3, -0.25) is 9.89 Å². The van der Waals surface area contributed by atoms with Gasteiger partial charge in [-0.15, -0.1) is 0 Å². The van der Waals surface area contributed by atoms with E-state index in [9.17, 15) is 4.39 Å². The topological polar surface area (TPSA) is 42.9 Å². The van der Waals surface area contributed by atoms with E-state index in [0.717, 1.165) is 37.6 Å². The molecular formula is C24H34FN5. The Morgan fingerprint density at radius 1 is 0.967 bits per heavy atom. The van der Waals surface area contributed by atoms with Crippen LogP contribution in [0.25, 0.3) is 0 Å². The Balaban J connectivity index is 1.40. The Kier molecular flexibility index (Phi) is 8.66. The quantitative estimate of drug-likeness (QED) is 0.543. The largest absolute Gasteiger partial charge is 0.356 e. The summed E-state index contributed by atoms with van der Waals surface area (Å²) in [6, 6.07) is 15.5. The normalized spacial score (nSPS) is 16.3. The first-order chi connectivity index (χ1) is 14.6. The third-order valence-electron chi connectivity index (χ3n) is 5.52. The number of halogens is 1. The van der Waals surface area contributed by atoms with Gasteiger partial charge in [0.15, 0.2) is 5.96 Å². The van der Waals surface area contributed by atoms with Gasteiger partial charge in [0.05, 0.1) is 0 Å². The third-order valence-corrected chi connectivity index (χ3v) is 5.52. The molecule has 2 aromatic carbocycles. The van der Waals surface area contributed by atoms with Gasteiger partial charge in [-0.2, -0.15) is 0 Å². The van der Waals surface area contributed by atoms with Gasteiger partial charge >= 0.3 is 0 Å². The summed E-state index contributed by atoms with van der Waals surface area (Å²) in [5, 5.41) is 6.63. The van der Waals surface area contributed by atoms with Crippen molar-refractivity contribution >= 4 is 5.96 Å². The van der Waals surface area contributed by atoms with Crippen molar-refractivity contribution in [3.63, 3.8) is 0 Å². The molecule has 1 saturated heterocycles. The Bertz CT molecular complexity index is 805. The fourth-order valence-electron chi connectivity index (χ4n) is 3.70. The molecule has 0 spiro atoms. The number of likely N-dealkylation sites (N-methyl/N-ethyl adjacent to an activating group) is 1. The smallest absolute Gasteiger partial charge is 0.191 e. The van der Waals surface area contributed by atoms with Gasteiger partial charge in [0.25, 0.3) is 0 Å². The lowest BCUT2D eigenvalue weighted by Crippen LogP contribution is -2.37. The maximum absolute atomic E-state index is 13.3. The van der Waals surface area contributed by atoms with Crippen LogP contribution in [0.4, 0.5) is 4.39 Å². The summed E-state index contributed by atoms with van der Waals surface area (Å²) in [7, 11) is 3.97. The minimum Gasteiger partial charge on any atom is -0.356 e. The van der Waals surface area contributed by atoms with Crippen LogP contribution < -0.4 is 10.6 Å². The number of nitrogens with zero attached hydrogens (tertiary/aromatic N) is 3. The van der Waals surface area contributed by atoms with Crippen LogP contribution in [0.5, 0.6) is 0 Å². The third kappa shape index (κ3) is 7.43. The van der Waals surface area contributed by atoms with E-state index < -0.39 is 0 Å². The van der Waals surface area contributed by atoms with E-state index in [4.69, 9.17) is 0 Å². The summed E-state index contributed by atoms with van der Waals surface area (Å²) < 4.78 is 13.3. The lowest BCUT2D eigenvalue weighted by atomic mass is 10.1. The van der Waals surface area contributed by atoms with Gasteiger partial charge in [0.1, 0.15) is 5.82 Å². The van der Waals surface area contributed by atoms with Crippen molar-refractivity contribution in [3.05, 3.63) is 71.0 Å². The van der Waals surface area contributed by atoms with Crippen molar-refractivity contribution in [2.45, 2.75) is 25.9 Å². The number of hydrogen-bond acceptors (Lipinski definition) is 3. The lowest BCUT2D eigenvalue weighted by Gasteiger charge is -2.20. The van der Waals surface area contributed by atoms with Gasteiger partial charge in [0, 0.05) is 39.8 Å². The molecule has 6 heteroatoms. The Morgan fingerprint density at radius 2 is 1.77 bits per heavy atom. The summed E-state index contributed by atoms with van der Waals surface area (Å²) in [6.45, 7) is 7.08. The molecular weight excluding hydrogens is 377 g/mol. The van der Waals surface area contributed by atoms with Crippen molar-refractivity contribution in [2.24, 2.45) is 4.99 Å². The highest BCUT2D eigenvalue weighted by molar-refractivity contribution is 5.79. The van der Waals surface area contributed by atoms with Crippen LogP contribution in [0.1, 0.15) is 23.1 Å². The van der Waals surface area contributed by atoms with Crippen LogP contribution >= 0.6 is 0 Å². The highest BCUT2D eigenvalue weighted by Gasteiger charge is 2.12. The van der Waals surface area contributed by atoms with Crippen LogP contribution in [0.3, 0.4) is 0 Å². The van der Waals surface area contributed by atoms with Gasteiger partial charge in [-0.25, -0.2) is 4.39 Å². The van der Waals surface area contributed by atoms with Crippen molar-refractivity contribution in [1.29, 1.82) is 0 Å². The lowest BCUT2D eigenvalue weighted by molar-refractivity contribution is 0.269. The highest BCUT2D eigenvalue weighted by atomic mass is 19.1. The van der Waals surface area contributed by atoms with Gasteiger partial charge in [0.2, 0.25) is 0 Å². The summed E-state index contributed by atoms with van der Waals surface area (Å²) in [5.41, 5.74) is 3.56. The average molecular weight is 412 g/mol. The van der Waals surface area contributed by atoms with E-state index >= 15 is 0 Å². The minimum absolute atomic E-state index is 0.193. The van der Waals surface area contributed by atoms with Crippen molar-refractivity contribution < 1.29 is 4.39 Å². The number of benzene rings is 2. The van der Waals surface area contributed by atoms with Crippen LogP contribution in [0.15, 0.2) is 53.5 Å². The number of rotatable bonds is 7. The van der Waals surface area contributed by atoms with E-state index in [2.05, 4.69) is 56.7 Å². The Labute approximate surface area is 180 Å². The van der Waals surface area contributed by atoms with Crippen LogP contribution in [-0.2, 0) is 19.5 Å². The van der Waals surface area contributed by atoms with Crippen molar-refractivity contribution in [3.8, 4) is 0 Å². The predicted molar refractivity (Wildman–Crippen MR) is 122 cm³/mol. The monoisotopic (exact) mass is 411 g/mol. The first kappa shape index (κ1) is 22.2. The first-order valence-corrected chi connectivity index (χ1v) is 10.8. The molecule has 0 atom stereocenters. The molecule has 0 bridgehead atoms. The molecule has 1 fully saturated rings. The second-order valence-corrected chi connectivity index (χ2v) is 7.98. The maximum atomic E-state index is 13.3. The number of guanidine groups is 1. The number of aliphatic imine (C=N–C) groups is 1. The van der Waals surface area contributed by atoms with Gasteiger partial charge in [-0.1, -0.05) is 36.4 Å². The second kappa shape index (κ2) is 11.7. The van der Waals surface area contributed by atoms with Crippen LogP contribution in [-0.4, -0.2) is 62.6 Å². The summed E-state index contributed by atoms with van der Waals surface area (Å²) in [5.74, 6) is 0.561. The molecule has 0 radical (unpaired) electrons. The second-order valence-electron chi connectivity index (χ2n) is 7.98. The zero-order valence-corrected chi connectivity index (χ0v) is 18.2. The Hall–Kier alpha value is -2.44. The maximum Gasteiger partial charge on any atom is 0.191 e. The zero-order valence-electron chi connectivity index (χ0n) is 18.2. The van der Waals surface area contributed by atoms with E-state index in [1.165, 1.54) is 36.7 Å². The molecule has 1 aliphatic heterocycles. The zero-order chi connectivity index (χ0) is 21.2. The van der Waals surface area contributed by atoms with Gasteiger partial charge < -0.3 is 15.5 Å². The molecule has 5 nitrogen and oxygen atoms in total. The fourth-order valence-corrected chi connectivity index (χ4v) is 3.70. The van der Waals surface area contributed by atoms with E-state index in [1.807, 2.05) is 6.07 Å². The standard InChI is InChI=1S/C24H34FN5/c1-26-24(27-12-11-20-5-3-6-23(25)17-20)28-18-21-7-9-22(10-8-21)19-30-14-4-13-29(2)15-16-30/h3,5-10,17H,4,11-16,18-19H2,1-2H3,(H2,26,27,28). The molecule has 1 heterocycles. The minimum atomic E-state index is -0.193. The molecule has 30 heavy (non-hydrogen) atoms. The summed E-state index contributed by atoms with van der Waals surface area (Å²) >= 11 is 0. The van der Waals surface area contributed by atoms with E-state index in [0.29, 0.717) is 13.1 Å². The highest BCUT2D eigenvalue weighted by Crippen LogP contribution is 2.10. The molecule has 162 valence electrons. The predicted octanol–water partition coefficient (Wildman–Crippen LogP) is 2.87. The molecule has 0 aliphatic carbocycles. The average Bonchev–Trinajstić information content (AvgIpc) is 2.95. The number of hydrogen-bond donors (Lipinski definition) is 2. The van der Waals surface area contributed by atoms with Crippen molar-refractivity contribution in [1.82, 2.24) is 20.4 Å². The van der Waals surface area contributed by atoms with E-state index in [1.54, 1.807) is 19.2 Å². The first-order valence-electron chi connectivity index (χ1n) is 10.8. The molecule has 2 N–H and O–H groups in total. The molecule has 0 unspecified atom stereocenters. The SMILES string of the molecule is CN=C(NCCc1cccc(F)c1)NCc1ccc(CN2CCCN(C)CC2)cc1. The molecule has 3 rings (SSSR count). The van der Waals surface area contributed by atoms with Crippen LogP contribution in [0.2, 0.25) is 0 Å². The molecule has 0 saturated carbocycles.